The molecule has 0 aromatic heterocycles. The molecule has 0 saturated heterocycles. The van der Waals surface area contributed by atoms with E-state index in [1.165, 1.54) is 28.4 Å². The van der Waals surface area contributed by atoms with Gasteiger partial charge in [-0.2, -0.15) is 0 Å². The summed E-state index contributed by atoms with van der Waals surface area (Å²) in [5.74, 6) is 1.81. The van der Waals surface area contributed by atoms with Gasteiger partial charge in [-0.05, 0) is 0 Å². The van der Waals surface area contributed by atoms with Crippen LogP contribution in [0.5, 0.6) is 0 Å². The van der Waals surface area contributed by atoms with Crippen molar-refractivity contribution in [1.29, 1.82) is 0 Å². The van der Waals surface area contributed by atoms with E-state index in [-0.39, 0.29) is 80.3 Å². The summed E-state index contributed by atoms with van der Waals surface area (Å²) in [6.45, 7) is 0. The molecule has 0 rings (SSSR count). The van der Waals surface area contributed by atoms with Crippen LogP contribution >= 0.6 is 26.8 Å². The molecule has 2 N–H and O–H groups in total. The van der Waals surface area contributed by atoms with Crippen LogP contribution < -0.4 is 0 Å². The standard InChI is InChI=1S/2C4H12O3SSi.2CH4.4CH3.ClH.2Sn.2Y.H/c2*1-6-9(5,7-2)4-3-8;;;;;;;;;;;;/h2*5,8H,3-4H2,1-2H3;2*1H4;4*1H3;1H;;;;;/q;;;;;;;;;+1;+2;;;/p-3. The molecule has 0 atom stereocenters. The van der Waals surface area contributed by atoms with Gasteiger partial charge in [-0.25, -0.2) is 0 Å². The molecule has 0 amide bonds. The summed E-state index contributed by atoms with van der Waals surface area (Å²) in [6.07, 6.45) is 0. The van der Waals surface area contributed by atoms with Gasteiger partial charge in [0.2, 0.25) is 0 Å². The number of hydrogen-bond donors (Lipinski definition) is 2. The Labute approximate surface area is 253 Å². The van der Waals surface area contributed by atoms with Gasteiger partial charge in [-0.15, -0.1) is 0 Å². The van der Waals surface area contributed by atoms with Gasteiger partial charge in [-0.3, -0.25) is 0 Å². The van der Waals surface area contributed by atoms with Gasteiger partial charge < -0.3 is 0 Å². The van der Waals surface area contributed by atoms with E-state index in [2.05, 4.69) is 19.8 Å². The average molecular weight is 878 g/mol. The Bertz CT molecular complexity index is 348. The molecule has 0 saturated carbocycles. The smallest absolute Gasteiger partial charge is 0 e. The first-order valence-corrected chi connectivity index (χ1v) is 37.4. The van der Waals surface area contributed by atoms with Crippen molar-refractivity contribution in [1.82, 2.24) is 0 Å². The van der Waals surface area contributed by atoms with E-state index in [1.807, 2.05) is 8.95 Å². The molecule has 0 bridgehead atoms. The van der Waals surface area contributed by atoms with Gasteiger partial charge in [0.25, 0.3) is 0 Å². The van der Waals surface area contributed by atoms with Crippen molar-refractivity contribution in [2.45, 2.75) is 46.7 Å². The fourth-order valence-corrected chi connectivity index (χ4v) is 21.9. The second-order valence-corrected chi connectivity index (χ2v) is 52.9. The normalized spacial score (nSPS) is 11.2. The zero-order valence-corrected chi connectivity index (χ0v) is 34.0. The fraction of sp³-hybridized carbons (Fsp3) is 1.00. The van der Waals surface area contributed by atoms with Gasteiger partial charge in [0.15, 0.2) is 0 Å². The van der Waals surface area contributed by atoms with Crippen molar-refractivity contribution in [3.8, 4) is 0 Å². The maximum absolute atomic E-state index is 9.69. The van der Waals surface area contributed by atoms with E-state index in [1.54, 1.807) is 8.95 Å². The Balaban J connectivity index is -0.0000000803. The maximum atomic E-state index is 9.69. The SMILES string of the molecule is C.C.CO[Si](O)(CC[S][SnH]([CH3])[CH3])OC.CO[Si](O)(CC[S][Sn]([CH3])([CH3])[Cl])OC.[Y].[Y]. The Morgan fingerprint density at radius 3 is 1.38 bits per heavy atom. The third kappa shape index (κ3) is 31.0. The summed E-state index contributed by atoms with van der Waals surface area (Å²) < 4.78 is 19.8. The summed E-state index contributed by atoms with van der Waals surface area (Å²) >= 11 is -3.42. The second kappa shape index (κ2) is 26.1. The molecule has 0 fully saturated rings. The zero-order chi connectivity index (χ0) is 20.1. The van der Waals surface area contributed by atoms with E-state index in [4.69, 9.17) is 26.6 Å². The third-order valence-corrected chi connectivity index (χ3v) is 27.8. The van der Waals surface area contributed by atoms with Crippen LogP contribution in [-0.2, 0) is 83.1 Å². The van der Waals surface area contributed by atoms with Gasteiger partial charge in [-0.1, -0.05) is 14.9 Å². The molecule has 15 heteroatoms. The largest absolute Gasteiger partial charge is 0 e. The van der Waals surface area contributed by atoms with E-state index >= 15 is 0 Å². The third-order valence-electron chi connectivity index (χ3n) is 3.01. The second-order valence-electron chi connectivity index (χ2n) is 5.87. The summed E-state index contributed by atoms with van der Waals surface area (Å²) in [5.41, 5.74) is 0. The van der Waals surface area contributed by atoms with E-state index < -0.39 is 51.9 Å². The summed E-state index contributed by atoms with van der Waals surface area (Å²) in [5, 5.41) is 0. The Morgan fingerprint density at radius 2 is 1.14 bits per heavy atom. The van der Waals surface area contributed by atoms with Crippen LogP contribution in [0.4, 0.5) is 0 Å². The first-order chi connectivity index (χ1) is 11.4. The van der Waals surface area contributed by atoms with Crippen LogP contribution in [0.3, 0.4) is 0 Å². The molecule has 0 aromatic rings. The molecule has 29 heavy (non-hydrogen) atoms. The van der Waals surface area contributed by atoms with Crippen LogP contribution in [0.2, 0.25) is 31.8 Å². The summed E-state index contributed by atoms with van der Waals surface area (Å²) in [4.78, 5) is 28.3. The number of hydrogen-bond acceptors (Lipinski definition) is 8. The molecular formula is C14H43ClO6S2Si2Sn2Y2. The predicted molar refractivity (Wildman–Crippen MR) is 134 cm³/mol. The molecule has 0 aromatic carbocycles. The van der Waals surface area contributed by atoms with Crippen molar-refractivity contribution >= 4 is 78.7 Å². The van der Waals surface area contributed by atoms with Crippen LogP contribution in [0.25, 0.3) is 0 Å². The molecule has 2 radical (unpaired) electrons. The van der Waals surface area contributed by atoms with Gasteiger partial charge in [0.1, 0.15) is 0 Å². The van der Waals surface area contributed by atoms with Crippen molar-refractivity contribution in [2.75, 3.05) is 39.9 Å². The fourth-order valence-electron chi connectivity index (χ4n) is 1.42. The minimum Gasteiger partial charge on any atom is 0 e. The van der Waals surface area contributed by atoms with E-state index in [0.29, 0.717) is 12.1 Å². The molecule has 0 aliphatic rings. The van der Waals surface area contributed by atoms with Gasteiger partial charge in [0, 0.05) is 65.4 Å². The van der Waals surface area contributed by atoms with Crippen LogP contribution in [0, 0.1) is 0 Å². The van der Waals surface area contributed by atoms with E-state index in [0.717, 1.165) is 11.5 Å². The van der Waals surface area contributed by atoms with Gasteiger partial charge in [0.05, 0.1) is 0 Å². The van der Waals surface area contributed by atoms with Crippen molar-refractivity contribution in [3.05, 3.63) is 0 Å². The topological polar surface area (TPSA) is 77.4 Å². The molecule has 0 aliphatic heterocycles. The predicted octanol–water partition coefficient (Wildman–Crippen LogP) is 4.08. The molecule has 0 aliphatic carbocycles. The summed E-state index contributed by atoms with van der Waals surface area (Å²) in [7, 11) is 10.4. The first-order valence-electron chi connectivity index (χ1n) is 7.96. The molecule has 6 nitrogen and oxygen atoms in total. The molecule has 0 heterocycles. The van der Waals surface area contributed by atoms with Crippen LogP contribution in [0.1, 0.15) is 14.9 Å². The minimum atomic E-state index is -2.84. The number of rotatable bonds is 12. The van der Waals surface area contributed by atoms with Crippen molar-refractivity contribution < 1.29 is 92.7 Å². The van der Waals surface area contributed by atoms with Crippen molar-refractivity contribution in [3.63, 3.8) is 0 Å². The molecule has 0 unspecified atom stereocenters. The Hall–Kier alpha value is 4.99. The first kappa shape index (κ1) is 47.2. The van der Waals surface area contributed by atoms with E-state index in [9.17, 15) is 9.59 Å². The number of halogens is 1. The average Bonchev–Trinajstić information content (AvgIpc) is 2.53. The van der Waals surface area contributed by atoms with Gasteiger partial charge >= 0.3 is 178 Å². The Kier molecular flexibility index (Phi) is 42.4. The Morgan fingerprint density at radius 1 is 0.828 bits per heavy atom. The molecule has 0 spiro atoms. The monoisotopic (exact) mass is 880 g/mol. The summed E-state index contributed by atoms with van der Waals surface area (Å²) in [6, 6.07) is 1.26. The maximum Gasteiger partial charge on any atom is 0 e. The van der Waals surface area contributed by atoms with Crippen molar-refractivity contribution in [2.24, 2.45) is 0 Å². The zero-order valence-electron chi connectivity index (χ0n) is 17.8. The molecule has 176 valence electrons. The molecular weight excluding hydrogens is 835 g/mol. The van der Waals surface area contributed by atoms with Crippen LogP contribution in [0.15, 0.2) is 0 Å². The minimum absolute atomic E-state index is 0. The van der Waals surface area contributed by atoms with Crippen LogP contribution in [-0.4, -0.2) is 101 Å². The quantitative estimate of drug-likeness (QED) is 0.285.